The molecule has 4 nitrogen and oxygen atoms in total. The van der Waals surface area contributed by atoms with Crippen LogP contribution in [0.25, 0.3) is 0 Å². The molecule has 1 heterocycles. The normalized spacial score (nSPS) is 10.4. The number of nitrogen functional groups attached to an aromatic ring is 1. The first kappa shape index (κ1) is 13.7. The Bertz CT molecular complexity index is 592. The fourth-order valence-corrected chi connectivity index (χ4v) is 2.32. The number of nitrogens with zero attached hydrogens (tertiary/aromatic N) is 1. The van der Waals surface area contributed by atoms with Crippen molar-refractivity contribution in [2.45, 2.75) is 20.0 Å². The predicted molar refractivity (Wildman–Crippen MR) is 79.8 cm³/mol. The summed E-state index contributed by atoms with van der Waals surface area (Å²) in [6.07, 6.45) is 1.77. The highest BCUT2D eigenvalue weighted by Crippen LogP contribution is 2.16. The van der Waals surface area contributed by atoms with Gasteiger partial charge < -0.3 is 15.6 Å². The van der Waals surface area contributed by atoms with Crippen molar-refractivity contribution in [2.75, 3.05) is 5.73 Å². The second kappa shape index (κ2) is 5.93. The van der Waals surface area contributed by atoms with Crippen LogP contribution in [0.4, 0.5) is 5.69 Å². The molecule has 5 heteroatoms. The molecule has 1 aromatic heterocycles. The zero-order valence-electron chi connectivity index (χ0n) is 10.7. The Hall–Kier alpha value is -1.75. The highest BCUT2D eigenvalue weighted by Gasteiger charge is 2.12. The minimum absolute atomic E-state index is 0.116. The lowest BCUT2D eigenvalue weighted by molar-refractivity contribution is 0.0941. The van der Waals surface area contributed by atoms with Gasteiger partial charge in [0.15, 0.2) is 0 Å². The van der Waals surface area contributed by atoms with Crippen molar-refractivity contribution in [3.63, 3.8) is 0 Å². The van der Waals surface area contributed by atoms with E-state index in [1.54, 1.807) is 12.3 Å². The van der Waals surface area contributed by atoms with Crippen molar-refractivity contribution in [3.8, 4) is 0 Å². The minimum atomic E-state index is -0.116. The molecule has 3 N–H and O–H groups in total. The topological polar surface area (TPSA) is 60.0 Å². The van der Waals surface area contributed by atoms with Gasteiger partial charge in [-0.2, -0.15) is 0 Å². The van der Waals surface area contributed by atoms with Crippen molar-refractivity contribution < 1.29 is 4.79 Å². The van der Waals surface area contributed by atoms with E-state index in [1.165, 1.54) is 0 Å². The molecule has 0 aliphatic rings. The van der Waals surface area contributed by atoms with Crippen molar-refractivity contribution in [1.82, 2.24) is 9.88 Å². The first-order chi connectivity index (χ1) is 9.11. The van der Waals surface area contributed by atoms with Gasteiger partial charge in [0.25, 0.3) is 5.91 Å². The summed E-state index contributed by atoms with van der Waals surface area (Å²) in [4.78, 5) is 12.1. The molecule has 0 fully saturated rings. The third-order valence-electron chi connectivity index (χ3n) is 2.89. The van der Waals surface area contributed by atoms with Crippen molar-refractivity contribution in [1.29, 1.82) is 0 Å². The van der Waals surface area contributed by atoms with E-state index in [1.807, 2.05) is 35.8 Å². The highest BCUT2D eigenvalue weighted by molar-refractivity contribution is 9.10. The Kier molecular flexibility index (Phi) is 4.27. The van der Waals surface area contributed by atoms with Crippen LogP contribution in [-0.2, 0) is 13.1 Å². The largest absolute Gasteiger partial charge is 0.397 e. The van der Waals surface area contributed by atoms with E-state index in [9.17, 15) is 4.79 Å². The van der Waals surface area contributed by atoms with Gasteiger partial charge in [-0.1, -0.05) is 34.1 Å². The number of nitrogens with two attached hydrogens (primary N) is 1. The number of aryl methyl sites for hydroxylation is 1. The number of amides is 1. The van der Waals surface area contributed by atoms with Crippen LogP contribution >= 0.6 is 15.9 Å². The number of halogens is 1. The van der Waals surface area contributed by atoms with E-state index in [-0.39, 0.29) is 5.91 Å². The van der Waals surface area contributed by atoms with Gasteiger partial charge in [0, 0.05) is 23.8 Å². The standard InChI is InChI=1S/C14H16BrN3O/c1-2-18-9-11(16)7-13(18)14(19)17-8-10-5-3-4-6-12(10)15/h3-7,9H,2,8,16H2,1H3,(H,17,19). The van der Waals surface area contributed by atoms with Crippen LogP contribution in [-0.4, -0.2) is 10.5 Å². The molecule has 0 aliphatic carbocycles. The molecule has 100 valence electrons. The third kappa shape index (κ3) is 3.17. The lowest BCUT2D eigenvalue weighted by Gasteiger charge is -2.08. The highest BCUT2D eigenvalue weighted by atomic mass is 79.9. The van der Waals surface area contributed by atoms with Crippen LogP contribution in [0.5, 0.6) is 0 Å². The first-order valence-corrected chi connectivity index (χ1v) is 6.88. The van der Waals surface area contributed by atoms with E-state index in [4.69, 9.17) is 5.73 Å². The Balaban J connectivity index is 2.07. The van der Waals surface area contributed by atoms with E-state index in [2.05, 4.69) is 21.2 Å². The fraction of sp³-hybridized carbons (Fsp3) is 0.214. The van der Waals surface area contributed by atoms with Gasteiger partial charge in [0.05, 0.1) is 5.69 Å². The molecule has 2 rings (SSSR count). The van der Waals surface area contributed by atoms with E-state index in [0.717, 1.165) is 16.6 Å². The molecule has 0 radical (unpaired) electrons. The van der Waals surface area contributed by atoms with Crippen LogP contribution in [0.1, 0.15) is 23.0 Å². The summed E-state index contributed by atoms with van der Waals surface area (Å²) in [5, 5.41) is 2.90. The number of carbonyl (C=O) groups excluding carboxylic acids is 1. The maximum Gasteiger partial charge on any atom is 0.268 e. The molecule has 0 saturated carbocycles. The monoisotopic (exact) mass is 321 g/mol. The lowest BCUT2D eigenvalue weighted by Crippen LogP contribution is -2.25. The van der Waals surface area contributed by atoms with Gasteiger partial charge in [-0.25, -0.2) is 0 Å². The molecule has 0 unspecified atom stereocenters. The quantitative estimate of drug-likeness (QED) is 0.909. The van der Waals surface area contributed by atoms with Gasteiger partial charge in [-0.3, -0.25) is 4.79 Å². The predicted octanol–water partition coefficient (Wildman–Crippen LogP) is 2.78. The van der Waals surface area contributed by atoms with Crippen molar-refractivity contribution in [2.24, 2.45) is 0 Å². The molecule has 2 aromatic rings. The van der Waals surface area contributed by atoms with Crippen LogP contribution in [0.3, 0.4) is 0 Å². The number of hydrogen-bond acceptors (Lipinski definition) is 2. The number of carbonyl (C=O) groups is 1. The van der Waals surface area contributed by atoms with E-state index < -0.39 is 0 Å². The maximum atomic E-state index is 12.1. The number of rotatable bonds is 4. The first-order valence-electron chi connectivity index (χ1n) is 6.09. The molecule has 1 aromatic carbocycles. The summed E-state index contributed by atoms with van der Waals surface area (Å²) >= 11 is 3.46. The molecule has 19 heavy (non-hydrogen) atoms. The van der Waals surface area contributed by atoms with Gasteiger partial charge in [0.2, 0.25) is 0 Å². The SMILES string of the molecule is CCn1cc(N)cc1C(=O)NCc1ccccc1Br. The number of benzene rings is 1. The van der Waals surface area contributed by atoms with E-state index in [0.29, 0.717) is 17.9 Å². The Morgan fingerprint density at radius 1 is 1.42 bits per heavy atom. The summed E-state index contributed by atoms with van der Waals surface area (Å²) in [6, 6.07) is 9.50. The Morgan fingerprint density at radius 2 is 2.16 bits per heavy atom. The maximum absolute atomic E-state index is 12.1. The summed E-state index contributed by atoms with van der Waals surface area (Å²) in [6.45, 7) is 3.17. The Labute approximate surface area is 120 Å². The third-order valence-corrected chi connectivity index (χ3v) is 3.66. The molecule has 0 atom stereocenters. The van der Waals surface area contributed by atoms with Crippen LogP contribution < -0.4 is 11.1 Å². The van der Waals surface area contributed by atoms with E-state index >= 15 is 0 Å². The zero-order chi connectivity index (χ0) is 13.8. The molecule has 0 saturated heterocycles. The average Bonchev–Trinajstić information content (AvgIpc) is 2.79. The molecular formula is C14H16BrN3O. The number of anilines is 1. The second-order valence-electron chi connectivity index (χ2n) is 4.22. The van der Waals surface area contributed by atoms with Gasteiger partial charge in [0.1, 0.15) is 5.69 Å². The summed E-state index contributed by atoms with van der Waals surface area (Å²) in [5.74, 6) is -0.116. The van der Waals surface area contributed by atoms with Crippen LogP contribution in [0.15, 0.2) is 41.0 Å². The van der Waals surface area contributed by atoms with Crippen molar-refractivity contribution in [3.05, 3.63) is 52.3 Å². The van der Waals surface area contributed by atoms with Crippen LogP contribution in [0, 0.1) is 0 Å². The Morgan fingerprint density at radius 3 is 2.84 bits per heavy atom. The summed E-state index contributed by atoms with van der Waals surface area (Å²) in [7, 11) is 0. The fourth-order valence-electron chi connectivity index (χ4n) is 1.89. The van der Waals surface area contributed by atoms with Gasteiger partial charge in [-0.05, 0) is 24.6 Å². The van der Waals surface area contributed by atoms with Crippen molar-refractivity contribution >= 4 is 27.5 Å². The van der Waals surface area contributed by atoms with Gasteiger partial charge >= 0.3 is 0 Å². The molecule has 0 spiro atoms. The number of aromatic nitrogens is 1. The lowest BCUT2D eigenvalue weighted by atomic mass is 10.2. The molecule has 0 bridgehead atoms. The smallest absolute Gasteiger partial charge is 0.268 e. The second-order valence-corrected chi connectivity index (χ2v) is 5.07. The number of hydrogen-bond donors (Lipinski definition) is 2. The zero-order valence-corrected chi connectivity index (χ0v) is 12.3. The molecule has 1 amide bonds. The molecule has 0 aliphatic heterocycles. The minimum Gasteiger partial charge on any atom is -0.397 e. The van der Waals surface area contributed by atoms with Crippen LogP contribution in [0.2, 0.25) is 0 Å². The number of nitrogens with one attached hydrogen (secondary N) is 1. The molecular weight excluding hydrogens is 306 g/mol. The summed E-state index contributed by atoms with van der Waals surface area (Å²) in [5.41, 5.74) is 7.95. The summed E-state index contributed by atoms with van der Waals surface area (Å²) < 4.78 is 2.82. The average molecular weight is 322 g/mol. The van der Waals surface area contributed by atoms with Gasteiger partial charge in [-0.15, -0.1) is 0 Å².